The van der Waals surface area contributed by atoms with Crippen molar-refractivity contribution in [1.29, 1.82) is 0 Å². The van der Waals surface area contributed by atoms with Gasteiger partial charge < -0.3 is 10.0 Å². The molecule has 1 unspecified atom stereocenters. The van der Waals surface area contributed by atoms with E-state index in [1.54, 1.807) is 0 Å². The molecule has 1 atom stereocenters. The predicted molar refractivity (Wildman–Crippen MR) is 105 cm³/mol. The summed E-state index contributed by atoms with van der Waals surface area (Å²) in [4.78, 5) is 14.1. The van der Waals surface area contributed by atoms with Gasteiger partial charge in [-0.15, -0.1) is 0 Å². The number of hydrogen-bond donors (Lipinski definition) is 1. The van der Waals surface area contributed by atoms with Gasteiger partial charge in [-0.3, -0.25) is 0 Å². The maximum atomic E-state index is 11.9. The number of carbonyl (C=O) groups is 1. The molecule has 2 aromatic carbocycles. The minimum Gasteiger partial charge on any atom is -0.477 e. The lowest BCUT2D eigenvalue weighted by Gasteiger charge is -2.45. The van der Waals surface area contributed by atoms with Gasteiger partial charge in [0.25, 0.3) is 0 Å². The first-order valence-electron chi connectivity index (χ1n) is 9.15. The van der Waals surface area contributed by atoms with E-state index in [-0.39, 0.29) is 17.1 Å². The van der Waals surface area contributed by atoms with Crippen LogP contribution in [-0.4, -0.2) is 20.9 Å². The van der Waals surface area contributed by atoms with Gasteiger partial charge in [0.05, 0.1) is 17.8 Å². The van der Waals surface area contributed by atoms with Crippen LogP contribution in [0.1, 0.15) is 47.8 Å². The van der Waals surface area contributed by atoms with Gasteiger partial charge in [0, 0.05) is 6.54 Å². The summed E-state index contributed by atoms with van der Waals surface area (Å²) in [5, 5.41) is 14.2. The highest BCUT2D eigenvalue weighted by Crippen LogP contribution is 2.45. The van der Waals surface area contributed by atoms with E-state index in [4.69, 9.17) is 0 Å². The molecule has 1 aliphatic heterocycles. The summed E-state index contributed by atoms with van der Waals surface area (Å²) >= 11 is 0. The summed E-state index contributed by atoms with van der Waals surface area (Å²) in [6.07, 6.45) is 2.32. The van der Waals surface area contributed by atoms with E-state index in [2.05, 4.69) is 48.1 Å². The second kappa shape index (κ2) is 6.58. The molecule has 0 saturated carbocycles. The van der Waals surface area contributed by atoms with E-state index < -0.39 is 5.97 Å². The van der Waals surface area contributed by atoms with Crippen molar-refractivity contribution < 1.29 is 9.90 Å². The monoisotopic (exact) mass is 361 g/mol. The van der Waals surface area contributed by atoms with Crippen molar-refractivity contribution in [3.63, 3.8) is 0 Å². The largest absolute Gasteiger partial charge is 0.477 e. The number of anilines is 1. The molecule has 0 amide bonds. The molecule has 27 heavy (non-hydrogen) atoms. The van der Waals surface area contributed by atoms with Crippen LogP contribution in [-0.2, 0) is 12.1 Å². The Bertz CT molecular complexity index is 948. The molecule has 1 N–H and O–H groups in total. The number of aromatic carboxylic acids is 1. The van der Waals surface area contributed by atoms with E-state index >= 15 is 0 Å². The number of carboxylic acid groups (broad SMARTS) is 1. The number of rotatable bonds is 4. The first-order chi connectivity index (χ1) is 13.0. The molecule has 0 bridgehead atoms. The van der Waals surface area contributed by atoms with Crippen molar-refractivity contribution in [1.82, 2.24) is 9.78 Å². The Hall–Kier alpha value is -3.08. The molecule has 5 nitrogen and oxygen atoms in total. The Morgan fingerprint density at radius 1 is 1.11 bits per heavy atom. The predicted octanol–water partition coefficient (Wildman–Crippen LogP) is 4.47. The average Bonchev–Trinajstić information content (AvgIpc) is 3.12. The third kappa shape index (κ3) is 3.10. The molecular formula is C22H23N3O2. The van der Waals surface area contributed by atoms with Crippen molar-refractivity contribution in [2.24, 2.45) is 0 Å². The third-order valence-corrected chi connectivity index (χ3v) is 5.27. The fourth-order valence-electron chi connectivity index (χ4n) is 3.97. The first-order valence-corrected chi connectivity index (χ1v) is 9.15. The van der Waals surface area contributed by atoms with Crippen LogP contribution in [0, 0.1) is 0 Å². The highest BCUT2D eigenvalue weighted by Gasteiger charge is 2.41. The molecule has 0 radical (unpaired) electrons. The van der Waals surface area contributed by atoms with Crippen molar-refractivity contribution in [3.8, 4) is 0 Å². The number of aromatic nitrogens is 2. The Morgan fingerprint density at radius 3 is 2.37 bits per heavy atom. The van der Waals surface area contributed by atoms with Crippen LogP contribution in [0.5, 0.6) is 0 Å². The SMILES string of the molecule is CC1(C)CC(c2ccccc2)N(Cc2ccccc2)c2c(C(=O)O)cnn21. The Labute approximate surface area is 158 Å². The third-order valence-electron chi connectivity index (χ3n) is 5.27. The van der Waals surface area contributed by atoms with Gasteiger partial charge in [0.15, 0.2) is 0 Å². The zero-order chi connectivity index (χ0) is 19.0. The molecule has 0 fully saturated rings. The molecule has 4 rings (SSSR count). The molecule has 1 aromatic heterocycles. The van der Waals surface area contributed by atoms with Crippen LogP contribution in [0.15, 0.2) is 66.9 Å². The molecule has 0 saturated heterocycles. The summed E-state index contributed by atoms with van der Waals surface area (Å²) < 4.78 is 1.87. The van der Waals surface area contributed by atoms with Gasteiger partial charge >= 0.3 is 5.97 Å². The van der Waals surface area contributed by atoms with Crippen molar-refractivity contribution in [2.75, 3.05) is 4.90 Å². The molecule has 5 heteroatoms. The molecule has 2 heterocycles. The summed E-state index contributed by atoms with van der Waals surface area (Å²) in [7, 11) is 0. The topological polar surface area (TPSA) is 58.4 Å². The van der Waals surface area contributed by atoms with E-state index in [1.165, 1.54) is 11.8 Å². The highest BCUT2D eigenvalue weighted by atomic mass is 16.4. The van der Waals surface area contributed by atoms with Gasteiger partial charge in [-0.1, -0.05) is 60.7 Å². The fourth-order valence-corrected chi connectivity index (χ4v) is 3.97. The lowest BCUT2D eigenvalue weighted by Crippen LogP contribution is -2.44. The lowest BCUT2D eigenvalue weighted by atomic mass is 9.87. The summed E-state index contributed by atoms with van der Waals surface area (Å²) in [6, 6.07) is 20.5. The normalized spacial score (nSPS) is 18.1. The smallest absolute Gasteiger partial charge is 0.341 e. The second-order valence-corrected chi connectivity index (χ2v) is 7.66. The molecule has 0 aliphatic carbocycles. The van der Waals surface area contributed by atoms with Crippen LogP contribution >= 0.6 is 0 Å². The minimum atomic E-state index is -0.946. The Morgan fingerprint density at radius 2 is 1.74 bits per heavy atom. The lowest BCUT2D eigenvalue weighted by molar-refractivity contribution is 0.0696. The summed E-state index contributed by atoms with van der Waals surface area (Å²) in [5.74, 6) is -0.268. The van der Waals surface area contributed by atoms with Crippen LogP contribution in [0.4, 0.5) is 5.82 Å². The van der Waals surface area contributed by atoms with Gasteiger partial charge in [-0.25, -0.2) is 9.48 Å². The van der Waals surface area contributed by atoms with E-state index in [1.807, 2.05) is 41.1 Å². The molecule has 1 aliphatic rings. The first kappa shape index (κ1) is 17.3. The minimum absolute atomic E-state index is 0.0729. The Kier molecular flexibility index (Phi) is 4.22. The highest BCUT2D eigenvalue weighted by molar-refractivity contribution is 5.93. The maximum Gasteiger partial charge on any atom is 0.341 e. The number of nitrogens with zero attached hydrogens (tertiary/aromatic N) is 3. The van der Waals surface area contributed by atoms with Gasteiger partial charge in [0.2, 0.25) is 0 Å². The van der Waals surface area contributed by atoms with Gasteiger partial charge in [-0.05, 0) is 31.4 Å². The van der Waals surface area contributed by atoms with Crippen LogP contribution in [0.2, 0.25) is 0 Å². The zero-order valence-electron chi connectivity index (χ0n) is 15.5. The zero-order valence-corrected chi connectivity index (χ0v) is 15.5. The molecule has 3 aromatic rings. The maximum absolute atomic E-state index is 11.9. The second-order valence-electron chi connectivity index (χ2n) is 7.66. The number of carboxylic acids is 1. The van der Waals surface area contributed by atoms with Crippen LogP contribution in [0.25, 0.3) is 0 Å². The van der Waals surface area contributed by atoms with E-state index in [9.17, 15) is 9.90 Å². The number of fused-ring (bicyclic) bond motifs is 1. The van der Waals surface area contributed by atoms with E-state index in [0.717, 1.165) is 12.0 Å². The van der Waals surface area contributed by atoms with Crippen molar-refractivity contribution in [3.05, 3.63) is 83.6 Å². The van der Waals surface area contributed by atoms with Crippen LogP contribution in [0.3, 0.4) is 0 Å². The fraction of sp³-hybridized carbons (Fsp3) is 0.273. The van der Waals surface area contributed by atoms with E-state index in [0.29, 0.717) is 12.4 Å². The Balaban J connectivity index is 1.88. The molecule has 138 valence electrons. The van der Waals surface area contributed by atoms with Crippen molar-refractivity contribution >= 4 is 11.8 Å². The van der Waals surface area contributed by atoms with Gasteiger partial charge in [-0.2, -0.15) is 5.10 Å². The number of benzene rings is 2. The summed E-state index contributed by atoms with van der Waals surface area (Å²) in [5.41, 5.74) is 2.30. The quantitative estimate of drug-likeness (QED) is 0.745. The van der Waals surface area contributed by atoms with Gasteiger partial charge in [0.1, 0.15) is 11.4 Å². The standard InChI is InChI=1S/C22H23N3O2/c1-22(2)13-19(17-11-7-4-8-12-17)24(15-16-9-5-3-6-10-16)20-18(21(26)27)14-23-25(20)22/h3-12,14,19H,13,15H2,1-2H3,(H,26,27). The van der Waals surface area contributed by atoms with Crippen LogP contribution < -0.4 is 4.90 Å². The number of hydrogen-bond acceptors (Lipinski definition) is 3. The average molecular weight is 361 g/mol. The van der Waals surface area contributed by atoms with Crippen molar-refractivity contribution in [2.45, 2.75) is 38.4 Å². The summed E-state index contributed by atoms with van der Waals surface area (Å²) in [6.45, 7) is 4.86. The molecule has 0 spiro atoms. The molecular weight excluding hydrogens is 338 g/mol.